The fourth-order valence-corrected chi connectivity index (χ4v) is 4.58. The number of carboxylic acid groups (broad SMARTS) is 1. The summed E-state index contributed by atoms with van der Waals surface area (Å²) >= 11 is 0. The number of methoxy groups -OCH3 is 1. The number of nitrogens with zero attached hydrogens (tertiary/aromatic N) is 4. The van der Waals surface area contributed by atoms with E-state index in [1.165, 1.54) is 12.0 Å². The Morgan fingerprint density at radius 1 is 1.07 bits per heavy atom. The number of nitrogens with one attached hydrogen (secondary N) is 1. The molecule has 40 heavy (non-hydrogen) atoms. The number of amides is 2. The Morgan fingerprint density at radius 2 is 1.77 bits per heavy atom. The lowest BCUT2D eigenvalue weighted by atomic mass is 9.98. The number of ether oxygens (including phenoxy) is 1. The smallest absolute Gasteiger partial charge is 0.419 e. The standard InChI is InChI=1S/C27H29F3N6O4/c1-40-23-15-19(35-10-12-36(13-11-35)26(38)39)7-9-22(23)34-25-32-16-20(27(28,29)30)21(33-25)8-6-17-4-2-3-5-18(17)14-24(31)37/h2-5,7,9,15-16H,6,8,10-14H2,1H3,(H2,31,37)(H,38,39)(H,32,33,34). The van der Waals surface area contributed by atoms with Crippen molar-refractivity contribution >= 4 is 29.3 Å². The Bertz CT molecular complexity index is 1380. The largest absolute Gasteiger partial charge is 0.494 e. The first-order valence-electron chi connectivity index (χ1n) is 12.5. The van der Waals surface area contributed by atoms with E-state index in [2.05, 4.69) is 15.3 Å². The highest BCUT2D eigenvalue weighted by atomic mass is 19.4. The van der Waals surface area contributed by atoms with Gasteiger partial charge in [-0.05, 0) is 36.1 Å². The van der Waals surface area contributed by atoms with Crippen LogP contribution in [0.15, 0.2) is 48.7 Å². The first-order valence-corrected chi connectivity index (χ1v) is 12.5. The van der Waals surface area contributed by atoms with E-state index in [4.69, 9.17) is 15.6 Å². The van der Waals surface area contributed by atoms with Gasteiger partial charge in [0.2, 0.25) is 11.9 Å². The number of piperazine rings is 1. The van der Waals surface area contributed by atoms with E-state index < -0.39 is 23.7 Å². The van der Waals surface area contributed by atoms with Crippen LogP contribution in [0, 0.1) is 0 Å². The van der Waals surface area contributed by atoms with Crippen molar-refractivity contribution in [3.63, 3.8) is 0 Å². The van der Waals surface area contributed by atoms with Gasteiger partial charge in [-0.25, -0.2) is 14.8 Å². The minimum absolute atomic E-state index is 0.0100. The Balaban J connectivity index is 1.54. The van der Waals surface area contributed by atoms with E-state index in [9.17, 15) is 22.8 Å². The van der Waals surface area contributed by atoms with Crippen LogP contribution in [-0.2, 0) is 30.2 Å². The summed E-state index contributed by atoms with van der Waals surface area (Å²) in [6.07, 6.45) is -4.68. The fourth-order valence-electron chi connectivity index (χ4n) is 4.58. The number of aromatic nitrogens is 2. The van der Waals surface area contributed by atoms with Crippen LogP contribution in [0.1, 0.15) is 22.4 Å². The highest BCUT2D eigenvalue weighted by Gasteiger charge is 2.35. The number of hydrogen-bond acceptors (Lipinski definition) is 7. The number of carbonyl (C=O) groups excluding carboxylic acids is 1. The van der Waals surface area contributed by atoms with Crippen molar-refractivity contribution in [3.8, 4) is 5.75 Å². The minimum Gasteiger partial charge on any atom is -0.494 e. The number of carbonyl (C=O) groups is 2. The second-order valence-corrected chi connectivity index (χ2v) is 9.23. The molecule has 1 saturated heterocycles. The van der Waals surface area contributed by atoms with E-state index in [0.29, 0.717) is 48.7 Å². The zero-order chi connectivity index (χ0) is 28.9. The first kappa shape index (κ1) is 28.5. The molecular formula is C27H29F3N6O4. The van der Waals surface area contributed by atoms with Gasteiger partial charge in [-0.15, -0.1) is 0 Å². The molecule has 0 aliphatic carbocycles. The molecule has 13 heteroatoms. The molecule has 3 aromatic rings. The fraction of sp³-hybridized carbons (Fsp3) is 0.333. The quantitative estimate of drug-likeness (QED) is 0.361. The van der Waals surface area contributed by atoms with Crippen LogP contribution in [0.2, 0.25) is 0 Å². The molecule has 0 atom stereocenters. The molecule has 1 fully saturated rings. The zero-order valence-corrected chi connectivity index (χ0v) is 21.7. The summed E-state index contributed by atoms with van der Waals surface area (Å²) < 4.78 is 46.8. The lowest BCUT2D eigenvalue weighted by Gasteiger charge is -2.34. The number of anilines is 3. The zero-order valence-electron chi connectivity index (χ0n) is 21.7. The van der Waals surface area contributed by atoms with E-state index in [1.807, 2.05) is 11.0 Å². The summed E-state index contributed by atoms with van der Waals surface area (Å²) in [4.78, 5) is 34.0. The van der Waals surface area contributed by atoms with Crippen molar-refractivity contribution in [1.82, 2.24) is 14.9 Å². The van der Waals surface area contributed by atoms with Gasteiger partial charge in [-0.1, -0.05) is 24.3 Å². The van der Waals surface area contributed by atoms with E-state index in [1.54, 1.807) is 36.4 Å². The Hall–Kier alpha value is -4.55. The van der Waals surface area contributed by atoms with Gasteiger partial charge in [0.15, 0.2) is 0 Å². The lowest BCUT2D eigenvalue weighted by molar-refractivity contribution is -0.138. The van der Waals surface area contributed by atoms with E-state index >= 15 is 0 Å². The minimum atomic E-state index is -4.65. The van der Waals surface area contributed by atoms with Gasteiger partial charge < -0.3 is 30.7 Å². The van der Waals surface area contributed by atoms with Crippen LogP contribution in [0.25, 0.3) is 0 Å². The van der Waals surface area contributed by atoms with Gasteiger partial charge in [0, 0.05) is 44.1 Å². The molecule has 2 aromatic carbocycles. The third kappa shape index (κ3) is 6.90. The highest BCUT2D eigenvalue weighted by Crippen LogP contribution is 2.34. The monoisotopic (exact) mass is 558 g/mol. The summed E-state index contributed by atoms with van der Waals surface area (Å²) in [5.41, 5.74) is 6.83. The average molecular weight is 559 g/mol. The Morgan fingerprint density at radius 3 is 2.40 bits per heavy atom. The van der Waals surface area contributed by atoms with Crippen LogP contribution in [0.5, 0.6) is 5.75 Å². The maximum absolute atomic E-state index is 13.8. The molecule has 0 saturated carbocycles. The summed E-state index contributed by atoms with van der Waals surface area (Å²) in [5.74, 6) is -0.141. The number of hydrogen-bond donors (Lipinski definition) is 3. The lowest BCUT2D eigenvalue weighted by Crippen LogP contribution is -2.48. The van der Waals surface area contributed by atoms with Gasteiger partial charge in [-0.2, -0.15) is 13.2 Å². The summed E-state index contributed by atoms with van der Waals surface area (Å²) in [6.45, 7) is 1.76. The second-order valence-electron chi connectivity index (χ2n) is 9.23. The number of primary amides is 1. The van der Waals surface area contributed by atoms with Gasteiger partial charge in [0.05, 0.1) is 30.5 Å². The van der Waals surface area contributed by atoms with Gasteiger partial charge in [-0.3, -0.25) is 4.79 Å². The summed E-state index contributed by atoms with van der Waals surface area (Å²) in [6, 6.07) is 12.2. The molecule has 4 rings (SSSR count). The molecule has 0 spiro atoms. The van der Waals surface area contributed by atoms with Crippen molar-refractivity contribution in [2.75, 3.05) is 43.5 Å². The van der Waals surface area contributed by atoms with Gasteiger partial charge in [0.1, 0.15) is 5.75 Å². The molecule has 2 heterocycles. The summed E-state index contributed by atoms with van der Waals surface area (Å²) in [5, 5.41) is 12.1. The van der Waals surface area contributed by atoms with E-state index in [0.717, 1.165) is 11.9 Å². The maximum atomic E-state index is 13.8. The van der Waals surface area contributed by atoms with Gasteiger partial charge in [0.25, 0.3) is 0 Å². The first-order chi connectivity index (χ1) is 19.0. The van der Waals surface area contributed by atoms with Crippen molar-refractivity contribution in [1.29, 1.82) is 0 Å². The van der Waals surface area contributed by atoms with Crippen molar-refractivity contribution < 1.29 is 32.6 Å². The van der Waals surface area contributed by atoms with Crippen molar-refractivity contribution in [2.45, 2.75) is 25.4 Å². The van der Waals surface area contributed by atoms with Crippen LogP contribution in [-0.4, -0.2) is 65.3 Å². The molecular weight excluding hydrogens is 529 g/mol. The molecule has 212 valence electrons. The van der Waals surface area contributed by atoms with Crippen molar-refractivity contribution in [2.24, 2.45) is 5.73 Å². The Kier molecular flexibility index (Phi) is 8.61. The van der Waals surface area contributed by atoms with Crippen LogP contribution < -0.4 is 20.7 Å². The van der Waals surface area contributed by atoms with E-state index in [-0.39, 0.29) is 30.9 Å². The number of benzene rings is 2. The summed E-state index contributed by atoms with van der Waals surface area (Å²) in [7, 11) is 1.47. The normalized spacial score (nSPS) is 13.7. The Labute approximate surface area is 228 Å². The molecule has 2 amide bonds. The molecule has 0 radical (unpaired) electrons. The molecule has 0 unspecified atom stereocenters. The predicted octanol–water partition coefficient (Wildman–Crippen LogP) is 3.86. The SMILES string of the molecule is COc1cc(N2CCN(C(=O)O)CC2)ccc1Nc1ncc(C(F)(F)F)c(CCc2ccccc2CC(N)=O)n1. The molecule has 10 nitrogen and oxygen atoms in total. The second kappa shape index (κ2) is 12.1. The number of rotatable bonds is 9. The number of halogens is 3. The molecule has 4 N–H and O–H groups in total. The average Bonchev–Trinajstić information content (AvgIpc) is 2.92. The maximum Gasteiger partial charge on any atom is 0.419 e. The number of nitrogens with two attached hydrogens (primary N) is 1. The van der Waals surface area contributed by atoms with Gasteiger partial charge >= 0.3 is 12.3 Å². The van der Waals surface area contributed by atoms with Crippen molar-refractivity contribution in [3.05, 3.63) is 71.0 Å². The van der Waals surface area contributed by atoms with Crippen LogP contribution >= 0.6 is 0 Å². The molecule has 0 bridgehead atoms. The predicted molar refractivity (Wildman–Crippen MR) is 142 cm³/mol. The third-order valence-corrected chi connectivity index (χ3v) is 6.63. The molecule has 1 aromatic heterocycles. The highest BCUT2D eigenvalue weighted by molar-refractivity contribution is 5.77. The number of alkyl halides is 3. The van der Waals surface area contributed by atoms with Crippen LogP contribution in [0.3, 0.4) is 0 Å². The third-order valence-electron chi connectivity index (χ3n) is 6.63. The topological polar surface area (TPSA) is 134 Å². The number of aryl methyl sites for hydroxylation is 2. The van der Waals surface area contributed by atoms with Crippen LogP contribution in [0.4, 0.5) is 35.3 Å². The molecule has 1 aliphatic heterocycles. The molecule has 1 aliphatic rings.